The number of hydrogen-bond donors (Lipinski definition) is 4. The normalized spacial score (nSPS) is 33.0. The Hall–Kier alpha value is -2.08. The highest BCUT2D eigenvalue weighted by atomic mass is 16.3. The molecular formula is C22H31N3O3. The van der Waals surface area contributed by atoms with Gasteiger partial charge in [-0.15, -0.1) is 0 Å². The molecule has 28 heavy (non-hydrogen) atoms. The Morgan fingerprint density at radius 3 is 2.32 bits per heavy atom. The van der Waals surface area contributed by atoms with Crippen LogP contribution >= 0.6 is 0 Å². The Kier molecular flexibility index (Phi) is 5.08. The maximum absolute atomic E-state index is 12.5. The van der Waals surface area contributed by atoms with E-state index < -0.39 is 5.60 Å². The average molecular weight is 386 g/mol. The van der Waals surface area contributed by atoms with Crippen molar-refractivity contribution >= 4 is 17.6 Å². The van der Waals surface area contributed by atoms with Crippen molar-refractivity contribution in [1.82, 2.24) is 10.6 Å². The lowest BCUT2D eigenvalue weighted by Gasteiger charge is -2.58. The van der Waals surface area contributed by atoms with Gasteiger partial charge in [0.15, 0.2) is 0 Å². The minimum Gasteiger partial charge on any atom is -0.390 e. The molecule has 6 nitrogen and oxygen atoms in total. The monoisotopic (exact) mass is 385 g/mol. The molecule has 4 fully saturated rings. The summed E-state index contributed by atoms with van der Waals surface area (Å²) >= 11 is 0. The number of nitrogens with one attached hydrogen (secondary N) is 3. The second-order valence-electron chi connectivity index (χ2n) is 9.50. The maximum Gasteiger partial charge on any atom is 0.319 e. The molecule has 2 unspecified atom stereocenters. The highest BCUT2D eigenvalue weighted by Crippen LogP contribution is 2.55. The summed E-state index contributed by atoms with van der Waals surface area (Å²) in [5.74, 6) is 1.69. The standard InChI is InChI=1S/C22H31N3O3/c1-13(2)12-23-20(26)15-3-5-18(6-4-15)24-21(27)25-19-16-7-14-8-17(19)11-22(28,9-14)10-16/h3-6,13-14,16-17,19,28H,7-12H2,1-2H3,(H,23,26)(H2,24,25,27). The van der Waals surface area contributed by atoms with Crippen LogP contribution in [0.15, 0.2) is 24.3 Å². The number of carbonyl (C=O) groups is 2. The van der Waals surface area contributed by atoms with Gasteiger partial charge in [0, 0.05) is 23.8 Å². The first kappa shape index (κ1) is 19.2. The lowest BCUT2D eigenvalue weighted by atomic mass is 9.52. The Bertz CT molecular complexity index is 730. The second-order valence-corrected chi connectivity index (χ2v) is 9.50. The average Bonchev–Trinajstić information content (AvgIpc) is 2.62. The molecule has 1 aromatic rings. The first-order valence-electron chi connectivity index (χ1n) is 10.5. The van der Waals surface area contributed by atoms with Crippen molar-refractivity contribution in [1.29, 1.82) is 0 Å². The van der Waals surface area contributed by atoms with E-state index in [0.29, 0.717) is 41.5 Å². The fourth-order valence-corrected chi connectivity index (χ4v) is 5.64. The van der Waals surface area contributed by atoms with Crippen LogP contribution in [0, 0.1) is 23.7 Å². The van der Waals surface area contributed by atoms with Gasteiger partial charge in [-0.25, -0.2) is 4.79 Å². The highest BCUT2D eigenvalue weighted by Gasteiger charge is 2.55. The molecule has 4 N–H and O–H groups in total. The molecular weight excluding hydrogens is 354 g/mol. The Morgan fingerprint density at radius 2 is 1.75 bits per heavy atom. The smallest absolute Gasteiger partial charge is 0.319 e. The number of aliphatic hydroxyl groups is 1. The highest BCUT2D eigenvalue weighted by molar-refractivity contribution is 5.95. The molecule has 4 saturated carbocycles. The lowest BCUT2D eigenvalue weighted by molar-refractivity contribution is -0.136. The van der Waals surface area contributed by atoms with Crippen LogP contribution < -0.4 is 16.0 Å². The summed E-state index contributed by atoms with van der Waals surface area (Å²) < 4.78 is 0. The van der Waals surface area contributed by atoms with E-state index in [-0.39, 0.29) is 18.0 Å². The number of carbonyl (C=O) groups excluding carboxylic acids is 2. The molecule has 6 heteroatoms. The van der Waals surface area contributed by atoms with E-state index in [4.69, 9.17) is 0 Å². The van der Waals surface area contributed by atoms with Crippen LogP contribution in [0.1, 0.15) is 56.3 Å². The van der Waals surface area contributed by atoms with Crippen molar-refractivity contribution in [3.63, 3.8) is 0 Å². The van der Waals surface area contributed by atoms with Crippen LogP contribution in [0.4, 0.5) is 10.5 Å². The van der Waals surface area contributed by atoms with Crippen LogP contribution in [-0.4, -0.2) is 35.2 Å². The van der Waals surface area contributed by atoms with Crippen LogP contribution in [0.2, 0.25) is 0 Å². The van der Waals surface area contributed by atoms with Gasteiger partial charge in [-0.3, -0.25) is 4.79 Å². The largest absolute Gasteiger partial charge is 0.390 e. The van der Waals surface area contributed by atoms with Crippen LogP contribution in [-0.2, 0) is 0 Å². The predicted molar refractivity (Wildman–Crippen MR) is 108 cm³/mol. The molecule has 0 saturated heterocycles. The Balaban J connectivity index is 1.31. The summed E-state index contributed by atoms with van der Waals surface area (Å²) in [5, 5.41) is 19.6. The molecule has 152 valence electrons. The second kappa shape index (κ2) is 7.39. The maximum atomic E-state index is 12.5. The molecule has 0 aliphatic heterocycles. The van der Waals surface area contributed by atoms with E-state index in [1.807, 2.05) is 0 Å². The number of amides is 3. The topological polar surface area (TPSA) is 90.5 Å². The van der Waals surface area contributed by atoms with Gasteiger partial charge < -0.3 is 21.1 Å². The quantitative estimate of drug-likeness (QED) is 0.628. The first-order chi connectivity index (χ1) is 13.3. The van der Waals surface area contributed by atoms with Gasteiger partial charge in [0.2, 0.25) is 0 Å². The third kappa shape index (κ3) is 4.02. The van der Waals surface area contributed by atoms with Crippen molar-refractivity contribution < 1.29 is 14.7 Å². The summed E-state index contributed by atoms with van der Waals surface area (Å²) in [4.78, 5) is 24.6. The fourth-order valence-electron chi connectivity index (χ4n) is 5.64. The molecule has 4 aliphatic carbocycles. The minimum atomic E-state index is -0.489. The number of hydrogen-bond acceptors (Lipinski definition) is 3. The van der Waals surface area contributed by atoms with E-state index >= 15 is 0 Å². The van der Waals surface area contributed by atoms with Crippen molar-refractivity contribution in [3.05, 3.63) is 29.8 Å². The lowest BCUT2D eigenvalue weighted by Crippen LogP contribution is -2.62. The molecule has 1 aromatic carbocycles. The molecule has 2 atom stereocenters. The van der Waals surface area contributed by atoms with Crippen LogP contribution in [0.25, 0.3) is 0 Å². The molecule has 4 bridgehead atoms. The van der Waals surface area contributed by atoms with Gasteiger partial charge >= 0.3 is 6.03 Å². The molecule has 0 spiro atoms. The van der Waals surface area contributed by atoms with Gasteiger partial charge in [-0.1, -0.05) is 13.8 Å². The van der Waals surface area contributed by atoms with Crippen molar-refractivity contribution in [3.8, 4) is 0 Å². The van der Waals surface area contributed by atoms with E-state index in [2.05, 4.69) is 29.8 Å². The summed E-state index contributed by atoms with van der Waals surface area (Å²) in [5.41, 5.74) is 0.762. The zero-order chi connectivity index (χ0) is 19.9. The van der Waals surface area contributed by atoms with Crippen molar-refractivity contribution in [2.24, 2.45) is 23.7 Å². The Labute approximate surface area is 166 Å². The van der Waals surface area contributed by atoms with Gasteiger partial charge in [0.25, 0.3) is 5.91 Å². The van der Waals surface area contributed by atoms with Gasteiger partial charge in [0.05, 0.1) is 5.60 Å². The fraction of sp³-hybridized carbons (Fsp3) is 0.636. The Morgan fingerprint density at radius 1 is 1.11 bits per heavy atom. The number of benzene rings is 1. The zero-order valence-electron chi connectivity index (χ0n) is 16.7. The number of rotatable bonds is 5. The third-order valence-corrected chi connectivity index (χ3v) is 6.61. The third-order valence-electron chi connectivity index (χ3n) is 6.61. The number of anilines is 1. The van der Waals surface area contributed by atoms with Gasteiger partial charge in [-0.2, -0.15) is 0 Å². The molecule has 4 aliphatic rings. The molecule has 0 aromatic heterocycles. The van der Waals surface area contributed by atoms with Crippen molar-refractivity contribution in [2.45, 2.75) is 57.6 Å². The van der Waals surface area contributed by atoms with Gasteiger partial charge in [-0.05, 0) is 80.0 Å². The SMILES string of the molecule is CC(C)CNC(=O)c1ccc(NC(=O)NC2C3CC4CC2CC(O)(C4)C3)cc1. The zero-order valence-corrected chi connectivity index (χ0v) is 16.7. The van der Waals surface area contributed by atoms with E-state index in [0.717, 1.165) is 32.1 Å². The summed E-state index contributed by atoms with van der Waals surface area (Å²) in [7, 11) is 0. The van der Waals surface area contributed by atoms with E-state index in [9.17, 15) is 14.7 Å². The summed E-state index contributed by atoms with van der Waals surface area (Å²) in [6.45, 7) is 4.74. The summed E-state index contributed by atoms with van der Waals surface area (Å²) in [6, 6.07) is 6.90. The molecule has 0 heterocycles. The first-order valence-corrected chi connectivity index (χ1v) is 10.5. The molecule has 5 rings (SSSR count). The minimum absolute atomic E-state index is 0.101. The van der Waals surface area contributed by atoms with Gasteiger partial charge in [0.1, 0.15) is 0 Å². The predicted octanol–water partition coefficient (Wildman–Crippen LogP) is 3.13. The van der Waals surface area contributed by atoms with Crippen LogP contribution in [0.5, 0.6) is 0 Å². The summed E-state index contributed by atoms with van der Waals surface area (Å²) in [6.07, 6.45) is 4.79. The molecule has 3 amide bonds. The van der Waals surface area contributed by atoms with E-state index in [1.54, 1.807) is 24.3 Å². The van der Waals surface area contributed by atoms with Crippen LogP contribution in [0.3, 0.4) is 0 Å². The van der Waals surface area contributed by atoms with E-state index in [1.165, 1.54) is 0 Å². The van der Waals surface area contributed by atoms with Crippen molar-refractivity contribution in [2.75, 3.05) is 11.9 Å². The molecule has 0 radical (unpaired) electrons. The number of urea groups is 1.